The zero-order chi connectivity index (χ0) is 39.0. The molecule has 0 saturated heterocycles. The van der Waals surface area contributed by atoms with Gasteiger partial charge in [0.1, 0.15) is 0 Å². The molecule has 58 heavy (non-hydrogen) atoms. The largest absolute Gasteiger partial charge is 0.0984 e. The summed E-state index contributed by atoms with van der Waals surface area (Å²) in [5.74, 6) is 0. The number of hydrogen-bond donors (Lipinski definition) is 0. The molecule has 10 rings (SSSR count). The lowest BCUT2D eigenvalue weighted by Crippen LogP contribution is -1.94. The van der Waals surface area contributed by atoms with Gasteiger partial charge in [-0.25, -0.2) is 0 Å². The molecule has 0 atom stereocenters. The summed E-state index contributed by atoms with van der Waals surface area (Å²) in [6, 6.07) is 75.2. The first kappa shape index (κ1) is 34.9. The lowest BCUT2D eigenvalue weighted by atomic mass is 9.83. The molecule has 0 heteroatoms. The molecule has 10 aromatic carbocycles. The molecule has 0 aliphatic rings. The van der Waals surface area contributed by atoms with Crippen molar-refractivity contribution < 1.29 is 0 Å². The predicted molar refractivity (Wildman–Crippen MR) is 252 cm³/mol. The van der Waals surface area contributed by atoms with Crippen molar-refractivity contribution in [3.8, 4) is 66.8 Å². The minimum Gasteiger partial charge on any atom is -0.0984 e. The molecule has 0 aromatic heterocycles. The Labute approximate surface area is 340 Å². The van der Waals surface area contributed by atoms with Crippen molar-refractivity contribution >= 4 is 44.5 Å². The Bertz CT molecular complexity index is 3030. The lowest BCUT2D eigenvalue weighted by molar-refractivity contribution is 1.54. The van der Waals surface area contributed by atoms with Crippen molar-refractivity contribution in [3.05, 3.63) is 231 Å². The summed E-state index contributed by atoms with van der Waals surface area (Å²) in [6.07, 6.45) is 3.87. The van der Waals surface area contributed by atoms with Crippen LogP contribution in [0, 0.1) is 0 Å². The summed E-state index contributed by atoms with van der Waals surface area (Å²) in [5, 5.41) is 7.29. The van der Waals surface area contributed by atoms with Crippen LogP contribution in [-0.4, -0.2) is 0 Å². The van der Waals surface area contributed by atoms with E-state index in [-0.39, 0.29) is 0 Å². The molecule has 0 saturated carbocycles. The second-order valence-electron chi connectivity index (χ2n) is 14.9. The first-order valence-electron chi connectivity index (χ1n) is 19.9. The van der Waals surface area contributed by atoms with E-state index in [9.17, 15) is 0 Å². The molecule has 0 amide bonds. The van der Waals surface area contributed by atoms with Crippen LogP contribution in [0.25, 0.3) is 111 Å². The third-order valence-corrected chi connectivity index (χ3v) is 11.6. The lowest BCUT2D eigenvalue weighted by Gasteiger charge is -2.20. The van der Waals surface area contributed by atoms with Crippen LogP contribution in [0.4, 0.5) is 0 Å². The van der Waals surface area contributed by atoms with Crippen LogP contribution in [0.2, 0.25) is 0 Å². The Kier molecular flexibility index (Phi) is 8.94. The van der Waals surface area contributed by atoms with E-state index in [1.165, 1.54) is 99.1 Å². The maximum absolute atomic E-state index is 4.17. The van der Waals surface area contributed by atoms with Crippen molar-refractivity contribution in [3.63, 3.8) is 0 Å². The van der Waals surface area contributed by atoms with Gasteiger partial charge in [-0.15, -0.1) is 0 Å². The van der Waals surface area contributed by atoms with Gasteiger partial charge >= 0.3 is 0 Å². The Balaban J connectivity index is 1.18. The fraction of sp³-hybridized carbons (Fsp3) is 0. The Morgan fingerprint density at radius 3 is 1.17 bits per heavy atom. The zero-order valence-corrected chi connectivity index (χ0v) is 32.2. The highest BCUT2D eigenvalue weighted by Crippen LogP contribution is 2.47. The Morgan fingerprint density at radius 2 is 0.690 bits per heavy atom. The highest BCUT2D eigenvalue weighted by molar-refractivity contribution is 6.22. The maximum atomic E-state index is 4.17. The Hall–Kier alpha value is -7.54. The molecule has 10 aromatic rings. The fourth-order valence-corrected chi connectivity index (χ4v) is 8.92. The number of benzene rings is 10. The third kappa shape index (κ3) is 6.04. The molecule has 0 bridgehead atoms. The summed E-state index contributed by atoms with van der Waals surface area (Å²) >= 11 is 0. The van der Waals surface area contributed by atoms with Gasteiger partial charge < -0.3 is 0 Å². The van der Waals surface area contributed by atoms with E-state index in [1.54, 1.807) is 0 Å². The monoisotopic (exact) mass is 736 g/mol. The summed E-state index contributed by atoms with van der Waals surface area (Å²) in [4.78, 5) is 0. The fourth-order valence-electron chi connectivity index (χ4n) is 8.92. The first-order chi connectivity index (χ1) is 28.7. The molecule has 0 nitrogen and oxygen atoms in total. The maximum Gasteiger partial charge on any atom is -0.00261 e. The van der Waals surface area contributed by atoms with Gasteiger partial charge in [0.15, 0.2) is 0 Å². The third-order valence-electron chi connectivity index (χ3n) is 11.6. The van der Waals surface area contributed by atoms with Crippen LogP contribution in [0.1, 0.15) is 11.1 Å². The quantitative estimate of drug-likeness (QED) is 0.136. The SMILES string of the molecule is C=Cc1ccc2ccc(-c3c4ccccc4c(-c4ccc(-c5c(-c6ccccc6)cc(-c6ccccc6)cc5-c5ccccc5)cc4)c4ccccc34)cc2c1C=C. The minimum absolute atomic E-state index is 1.09. The van der Waals surface area contributed by atoms with Crippen LogP contribution < -0.4 is 0 Å². The molecule has 0 aliphatic heterocycles. The summed E-state index contributed by atoms with van der Waals surface area (Å²) < 4.78 is 0. The predicted octanol–water partition coefficient (Wildman–Crippen LogP) is 16.4. The topological polar surface area (TPSA) is 0 Å². The molecule has 0 radical (unpaired) electrons. The number of fused-ring (bicyclic) bond motifs is 3. The van der Waals surface area contributed by atoms with Crippen LogP contribution >= 0.6 is 0 Å². The molecular formula is C58H40. The van der Waals surface area contributed by atoms with Gasteiger partial charge in [-0.2, -0.15) is 0 Å². The molecule has 0 fully saturated rings. The van der Waals surface area contributed by atoms with Crippen LogP contribution in [-0.2, 0) is 0 Å². The van der Waals surface area contributed by atoms with Crippen LogP contribution in [0.3, 0.4) is 0 Å². The van der Waals surface area contributed by atoms with Gasteiger partial charge in [-0.1, -0.05) is 213 Å². The van der Waals surface area contributed by atoms with Gasteiger partial charge in [0.25, 0.3) is 0 Å². The molecule has 0 N–H and O–H groups in total. The van der Waals surface area contributed by atoms with Crippen molar-refractivity contribution in [1.29, 1.82) is 0 Å². The molecule has 0 spiro atoms. The van der Waals surface area contributed by atoms with Crippen LogP contribution in [0.15, 0.2) is 219 Å². The molecule has 0 unspecified atom stereocenters. The van der Waals surface area contributed by atoms with Gasteiger partial charge in [-0.3, -0.25) is 0 Å². The van der Waals surface area contributed by atoms with Gasteiger partial charge in [0.2, 0.25) is 0 Å². The Morgan fingerprint density at radius 1 is 0.276 bits per heavy atom. The van der Waals surface area contributed by atoms with Gasteiger partial charge in [-0.05, 0) is 128 Å². The van der Waals surface area contributed by atoms with Crippen molar-refractivity contribution in [2.24, 2.45) is 0 Å². The second kappa shape index (κ2) is 14.8. The zero-order valence-electron chi connectivity index (χ0n) is 32.2. The molecule has 0 aliphatic carbocycles. The second-order valence-corrected chi connectivity index (χ2v) is 14.9. The van der Waals surface area contributed by atoms with Crippen molar-refractivity contribution in [2.45, 2.75) is 0 Å². The molecular weight excluding hydrogens is 697 g/mol. The van der Waals surface area contributed by atoms with Crippen molar-refractivity contribution in [2.75, 3.05) is 0 Å². The van der Waals surface area contributed by atoms with E-state index in [2.05, 4.69) is 219 Å². The van der Waals surface area contributed by atoms with E-state index in [0.717, 1.165) is 11.1 Å². The molecule has 272 valence electrons. The van der Waals surface area contributed by atoms with E-state index >= 15 is 0 Å². The normalized spacial score (nSPS) is 11.2. The standard InChI is InChI=1S/C58H40/c1-3-39-28-29-43-30-35-46(36-53(43)48(39)4-2)58-51-26-16-14-24-49(51)56(50-25-15-17-27-52(50)58)44-31-33-45(34-32-44)57-54(41-20-10-6-11-21-41)37-47(40-18-8-5-9-19-40)38-55(57)42-22-12-7-13-23-42/h3-38H,1-2H2. The van der Waals surface area contributed by atoms with Crippen LogP contribution in [0.5, 0.6) is 0 Å². The summed E-state index contributed by atoms with van der Waals surface area (Å²) in [5.41, 5.74) is 16.7. The highest BCUT2D eigenvalue weighted by Gasteiger charge is 2.20. The number of hydrogen-bond acceptors (Lipinski definition) is 0. The van der Waals surface area contributed by atoms with E-state index in [4.69, 9.17) is 0 Å². The van der Waals surface area contributed by atoms with E-state index in [0.29, 0.717) is 0 Å². The van der Waals surface area contributed by atoms with E-state index < -0.39 is 0 Å². The highest BCUT2D eigenvalue weighted by atomic mass is 14.2. The first-order valence-corrected chi connectivity index (χ1v) is 19.9. The number of rotatable bonds is 8. The average molecular weight is 737 g/mol. The van der Waals surface area contributed by atoms with Gasteiger partial charge in [0, 0.05) is 0 Å². The smallest absolute Gasteiger partial charge is 0.00261 e. The van der Waals surface area contributed by atoms with Gasteiger partial charge in [0.05, 0.1) is 0 Å². The molecule has 0 heterocycles. The van der Waals surface area contributed by atoms with Crippen molar-refractivity contribution in [1.82, 2.24) is 0 Å². The van der Waals surface area contributed by atoms with E-state index in [1.807, 2.05) is 12.2 Å². The summed E-state index contributed by atoms with van der Waals surface area (Å²) in [6.45, 7) is 8.24. The summed E-state index contributed by atoms with van der Waals surface area (Å²) in [7, 11) is 0. The average Bonchev–Trinajstić information content (AvgIpc) is 3.30. The minimum atomic E-state index is 1.09.